The van der Waals surface area contributed by atoms with E-state index in [4.69, 9.17) is 15.2 Å². The summed E-state index contributed by atoms with van der Waals surface area (Å²) in [4.78, 5) is 28.6. The Morgan fingerprint density at radius 3 is 2.66 bits per heavy atom. The lowest BCUT2D eigenvalue weighted by molar-refractivity contribution is -0.117. The fourth-order valence-corrected chi connectivity index (χ4v) is 2.98. The summed E-state index contributed by atoms with van der Waals surface area (Å²) >= 11 is 1.13. The van der Waals surface area contributed by atoms with E-state index in [1.54, 1.807) is 18.2 Å². The Hall–Kier alpha value is -3.30. The Bertz CT molecular complexity index is 964. The van der Waals surface area contributed by atoms with Gasteiger partial charge in [-0.05, 0) is 47.3 Å². The summed E-state index contributed by atoms with van der Waals surface area (Å²) in [5.41, 5.74) is 9.39. The zero-order chi connectivity index (χ0) is 20.6. The van der Waals surface area contributed by atoms with Gasteiger partial charge in [-0.25, -0.2) is 9.78 Å². The molecule has 0 aliphatic heterocycles. The standard InChI is InChI=1S/C20H20N4O4S/c1-27-16-8-14(9-17(21)18(25)23-20-22-12-29-24-20)7-15(10-16)19(26)28-11-13-5-3-2-4-6-13/h2-8,10,12,17H,9,11,21H2,1H3,(H,23,24,25)/t17-/m0/s1. The summed E-state index contributed by atoms with van der Waals surface area (Å²) in [6.07, 6.45) is 0.201. The zero-order valence-corrected chi connectivity index (χ0v) is 16.5. The van der Waals surface area contributed by atoms with Crippen LogP contribution in [0.15, 0.2) is 54.0 Å². The third-order valence-corrected chi connectivity index (χ3v) is 4.52. The monoisotopic (exact) mass is 412 g/mol. The largest absolute Gasteiger partial charge is 0.497 e. The van der Waals surface area contributed by atoms with E-state index >= 15 is 0 Å². The third kappa shape index (κ3) is 5.84. The van der Waals surface area contributed by atoms with E-state index in [2.05, 4.69) is 14.7 Å². The van der Waals surface area contributed by atoms with Crippen LogP contribution in [0.3, 0.4) is 0 Å². The summed E-state index contributed by atoms with van der Waals surface area (Å²) in [7, 11) is 1.50. The molecule has 3 N–H and O–H groups in total. The molecule has 0 unspecified atom stereocenters. The number of nitrogens with zero attached hydrogens (tertiary/aromatic N) is 2. The second-order valence-corrected chi connectivity index (χ2v) is 6.79. The van der Waals surface area contributed by atoms with Gasteiger partial charge in [-0.1, -0.05) is 30.3 Å². The lowest BCUT2D eigenvalue weighted by Crippen LogP contribution is -2.37. The Morgan fingerprint density at radius 2 is 1.97 bits per heavy atom. The number of nitrogens with one attached hydrogen (secondary N) is 1. The van der Waals surface area contributed by atoms with E-state index in [9.17, 15) is 9.59 Å². The van der Waals surface area contributed by atoms with Crippen molar-refractivity contribution in [2.45, 2.75) is 19.1 Å². The predicted molar refractivity (Wildman–Crippen MR) is 109 cm³/mol. The number of benzene rings is 2. The number of hydrogen-bond acceptors (Lipinski definition) is 8. The average molecular weight is 412 g/mol. The third-order valence-electron chi connectivity index (χ3n) is 4.04. The molecule has 29 heavy (non-hydrogen) atoms. The van der Waals surface area contributed by atoms with Gasteiger partial charge in [0.2, 0.25) is 11.9 Å². The van der Waals surface area contributed by atoms with Gasteiger partial charge in [-0.3, -0.25) is 10.1 Å². The maximum Gasteiger partial charge on any atom is 0.338 e. The average Bonchev–Trinajstić information content (AvgIpc) is 3.25. The van der Waals surface area contributed by atoms with Crippen LogP contribution in [0.5, 0.6) is 5.75 Å². The van der Waals surface area contributed by atoms with Gasteiger partial charge < -0.3 is 15.2 Å². The molecule has 9 heteroatoms. The number of aromatic nitrogens is 2. The summed E-state index contributed by atoms with van der Waals surface area (Å²) in [6.45, 7) is 0.161. The molecule has 150 valence electrons. The van der Waals surface area contributed by atoms with Crippen molar-refractivity contribution in [2.75, 3.05) is 12.4 Å². The van der Waals surface area contributed by atoms with Crippen molar-refractivity contribution in [2.24, 2.45) is 5.73 Å². The van der Waals surface area contributed by atoms with E-state index in [1.807, 2.05) is 30.3 Å². The van der Waals surface area contributed by atoms with Gasteiger partial charge in [0, 0.05) is 0 Å². The Labute approximate surface area is 171 Å². The van der Waals surface area contributed by atoms with Gasteiger partial charge in [-0.2, -0.15) is 4.37 Å². The SMILES string of the molecule is COc1cc(C[C@H](N)C(=O)Nc2ncsn2)cc(C(=O)OCc2ccccc2)c1. The van der Waals surface area contributed by atoms with Crippen LogP contribution in [-0.4, -0.2) is 34.4 Å². The number of carbonyl (C=O) groups excluding carboxylic acids is 2. The highest BCUT2D eigenvalue weighted by Crippen LogP contribution is 2.20. The molecule has 1 aromatic heterocycles. The highest BCUT2D eigenvalue weighted by atomic mass is 32.1. The first kappa shape index (κ1) is 20.4. The molecule has 1 amide bonds. The number of nitrogens with two attached hydrogens (primary N) is 1. The van der Waals surface area contributed by atoms with Gasteiger partial charge in [0.1, 0.15) is 17.9 Å². The van der Waals surface area contributed by atoms with E-state index in [0.717, 1.165) is 17.1 Å². The molecule has 0 radical (unpaired) electrons. The van der Waals surface area contributed by atoms with E-state index < -0.39 is 17.9 Å². The van der Waals surface area contributed by atoms with E-state index in [-0.39, 0.29) is 19.0 Å². The van der Waals surface area contributed by atoms with Crippen LogP contribution in [0.25, 0.3) is 0 Å². The van der Waals surface area contributed by atoms with Gasteiger partial charge in [0.05, 0.1) is 18.7 Å². The fourth-order valence-electron chi connectivity index (χ4n) is 2.60. The van der Waals surface area contributed by atoms with Crippen molar-refractivity contribution in [3.05, 3.63) is 70.7 Å². The highest BCUT2D eigenvalue weighted by Gasteiger charge is 2.18. The minimum atomic E-state index is -0.848. The Kier molecular flexibility index (Phi) is 6.88. The maximum absolute atomic E-state index is 12.5. The first-order valence-corrected chi connectivity index (χ1v) is 9.60. The van der Waals surface area contributed by atoms with Crippen LogP contribution in [0.1, 0.15) is 21.5 Å². The quantitative estimate of drug-likeness (QED) is 0.546. The molecule has 0 aliphatic rings. The number of hydrogen-bond donors (Lipinski definition) is 2. The number of ether oxygens (including phenoxy) is 2. The van der Waals surface area contributed by atoms with Crippen LogP contribution in [0, 0.1) is 0 Å². The number of amides is 1. The Morgan fingerprint density at radius 1 is 1.17 bits per heavy atom. The molecular formula is C20H20N4O4S. The topological polar surface area (TPSA) is 116 Å². The van der Waals surface area contributed by atoms with Crippen molar-refractivity contribution >= 4 is 29.4 Å². The number of anilines is 1. The van der Waals surface area contributed by atoms with Crippen LogP contribution < -0.4 is 15.8 Å². The molecule has 0 bridgehead atoms. The summed E-state index contributed by atoms with van der Waals surface area (Å²) in [5, 5.41) is 2.55. The van der Waals surface area contributed by atoms with Gasteiger partial charge in [0.25, 0.3) is 0 Å². The van der Waals surface area contributed by atoms with Crippen LogP contribution >= 0.6 is 11.5 Å². The van der Waals surface area contributed by atoms with Crippen LogP contribution in [0.2, 0.25) is 0 Å². The molecule has 3 aromatic rings. The van der Waals surface area contributed by atoms with E-state index in [0.29, 0.717) is 16.9 Å². The molecule has 0 fully saturated rings. The highest BCUT2D eigenvalue weighted by molar-refractivity contribution is 7.03. The number of rotatable bonds is 8. The van der Waals surface area contributed by atoms with Crippen molar-refractivity contribution in [1.29, 1.82) is 0 Å². The van der Waals surface area contributed by atoms with Gasteiger partial charge >= 0.3 is 5.97 Å². The van der Waals surface area contributed by atoms with Crippen molar-refractivity contribution in [3.63, 3.8) is 0 Å². The van der Waals surface area contributed by atoms with Crippen LogP contribution in [0.4, 0.5) is 5.95 Å². The molecule has 3 rings (SSSR count). The first-order valence-electron chi connectivity index (χ1n) is 8.77. The summed E-state index contributed by atoms with van der Waals surface area (Å²) in [5.74, 6) is -0.215. The second-order valence-electron chi connectivity index (χ2n) is 6.19. The predicted octanol–water partition coefficient (Wildman–Crippen LogP) is 2.41. The molecule has 1 heterocycles. The minimum Gasteiger partial charge on any atom is -0.497 e. The van der Waals surface area contributed by atoms with Crippen molar-refractivity contribution < 1.29 is 19.1 Å². The first-order chi connectivity index (χ1) is 14.0. The van der Waals surface area contributed by atoms with E-state index in [1.165, 1.54) is 12.6 Å². The zero-order valence-electron chi connectivity index (χ0n) is 15.7. The van der Waals surface area contributed by atoms with Crippen molar-refractivity contribution in [3.8, 4) is 5.75 Å². The smallest absolute Gasteiger partial charge is 0.338 e. The lowest BCUT2D eigenvalue weighted by Gasteiger charge is -2.13. The maximum atomic E-state index is 12.5. The molecular weight excluding hydrogens is 392 g/mol. The fraction of sp³-hybridized carbons (Fsp3) is 0.200. The summed E-state index contributed by atoms with van der Waals surface area (Å²) < 4.78 is 14.6. The summed E-state index contributed by atoms with van der Waals surface area (Å²) in [6, 6.07) is 13.5. The van der Waals surface area contributed by atoms with Crippen molar-refractivity contribution in [1.82, 2.24) is 9.36 Å². The minimum absolute atomic E-state index is 0.161. The van der Waals surface area contributed by atoms with Gasteiger partial charge in [0.15, 0.2) is 0 Å². The molecule has 0 aliphatic carbocycles. The second kappa shape index (κ2) is 9.76. The molecule has 0 spiro atoms. The normalized spacial score (nSPS) is 11.5. The molecule has 2 aromatic carbocycles. The molecule has 0 saturated heterocycles. The number of methoxy groups -OCH3 is 1. The van der Waals surface area contributed by atoms with Crippen LogP contribution in [-0.2, 0) is 22.6 Å². The van der Waals surface area contributed by atoms with Gasteiger partial charge in [-0.15, -0.1) is 0 Å². The molecule has 1 atom stereocenters. The lowest BCUT2D eigenvalue weighted by atomic mass is 10.0. The molecule has 8 nitrogen and oxygen atoms in total. The Balaban J connectivity index is 1.67. The number of esters is 1. The number of carbonyl (C=O) groups is 2. The molecule has 0 saturated carbocycles.